The normalized spacial score (nSPS) is 49.0. The van der Waals surface area contributed by atoms with E-state index in [0.717, 1.165) is 49.6 Å². The number of fused-ring (bicyclic) bond motifs is 5. The van der Waals surface area contributed by atoms with Crippen LogP contribution in [0.4, 0.5) is 0 Å². The Morgan fingerprint density at radius 3 is 2.77 bits per heavy atom. The maximum absolute atomic E-state index is 10.1. The summed E-state index contributed by atoms with van der Waals surface area (Å²) in [5.74, 6) is 3.31. The molecule has 142 valence electrons. The number of hydrogen-bond donors (Lipinski definition) is 1. The number of aliphatic hydroxyl groups excluding tert-OH is 1. The number of allylic oxidation sites excluding steroid dienone is 2. The molecule has 1 heterocycles. The molecule has 6 atom stereocenters. The Balaban J connectivity index is 1.45. The smallest absolute Gasteiger partial charge is 0.208 e. The van der Waals surface area contributed by atoms with Gasteiger partial charge < -0.3 is 9.84 Å². The molecule has 0 radical (unpaired) electrons. The molecule has 1 aliphatic heterocycles. The van der Waals surface area contributed by atoms with Gasteiger partial charge in [-0.25, -0.2) is 4.99 Å². The largest absolute Gasteiger partial charge is 0.476 e. The molecule has 3 saturated carbocycles. The van der Waals surface area contributed by atoms with Gasteiger partial charge in [0.2, 0.25) is 5.90 Å². The lowest BCUT2D eigenvalue weighted by atomic mass is 9.48. The van der Waals surface area contributed by atoms with E-state index in [1.807, 2.05) is 0 Å². The molecule has 3 nitrogen and oxygen atoms in total. The zero-order valence-corrected chi connectivity index (χ0v) is 16.3. The Labute approximate surface area is 157 Å². The van der Waals surface area contributed by atoms with Crippen molar-refractivity contribution in [1.82, 2.24) is 0 Å². The highest BCUT2D eigenvalue weighted by atomic mass is 16.5. The third-order valence-corrected chi connectivity index (χ3v) is 8.83. The predicted molar refractivity (Wildman–Crippen MR) is 104 cm³/mol. The Morgan fingerprint density at radius 1 is 1.15 bits per heavy atom. The molecule has 0 saturated heterocycles. The first-order valence-electron chi connectivity index (χ1n) is 10.8. The zero-order valence-electron chi connectivity index (χ0n) is 16.3. The van der Waals surface area contributed by atoms with Crippen molar-refractivity contribution in [3.63, 3.8) is 0 Å². The van der Waals surface area contributed by atoms with Crippen molar-refractivity contribution in [2.24, 2.45) is 33.6 Å². The van der Waals surface area contributed by atoms with Gasteiger partial charge >= 0.3 is 0 Å². The van der Waals surface area contributed by atoms with E-state index < -0.39 is 0 Å². The van der Waals surface area contributed by atoms with E-state index in [1.54, 1.807) is 11.1 Å². The lowest BCUT2D eigenvalue weighted by molar-refractivity contribution is -0.0268. The second kappa shape index (κ2) is 5.95. The van der Waals surface area contributed by atoms with Gasteiger partial charge in [-0.2, -0.15) is 0 Å². The highest BCUT2D eigenvalue weighted by Crippen LogP contribution is 2.66. The van der Waals surface area contributed by atoms with Crippen LogP contribution in [0.3, 0.4) is 0 Å². The molecule has 5 rings (SSSR count). The molecule has 0 aromatic rings. The molecule has 0 bridgehead atoms. The summed E-state index contributed by atoms with van der Waals surface area (Å²) in [5, 5.41) is 10.1. The fourth-order valence-corrected chi connectivity index (χ4v) is 7.31. The Morgan fingerprint density at radius 2 is 1.96 bits per heavy atom. The van der Waals surface area contributed by atoms with E-state index in [-0.39, 0.29) is 6.10 Å². The first-order chi connectivity index (χ1) is 12.5. The van der Waals surface area contributed by atoms with E-state index in [0.29, 0.717) is 10.8 Å². The number of nitrogens with zero attached hydrogens (tertiary/aromatic N) is 1. The predicted octanol–water partition coefficient (Wildman–Crippen LogP) is 4.67. The van der Waals surface area contributed by atoms with Crippen LogP contribution in [0.2, 0.25) is 0 Å². The second-order valence-electron chi connectivity index (χ2n) is 9.89. The fourth-order valence-electron chi connectivity index (χ4n) is 7.31. The summed E-state index contributed by atoms with van der Waals surface area (Å²) < 4.78 is 5.68. The molecule has 0 aromatic heterocycles. The molecular formula is C23H33NO2. The van der Waals surface area contributed by atoms with Gasteiger partial charge in [-0.15, -0.1) is 0 Å². The third-order valence-electron chi connectivity index (χ3n) is 8.83. The molecule has 1 N–H and O–H groups in total. The minimum atomic E-state index is -0.104. The van der Waals surface area contributed by atoms with Gasteiger partial charge in [0, 0.05) is 0 Å². The number of aliphatic hydroxyl groups is 1. The first-order valence-corrected chi connectivity index (χ1v) is 10.8. The molecule has 5 aliphatic rings. The maximum Gasteiger partial charge on any atom is 0.208 e. The number of rotatable bonds is 1. The van der Waals surface area contributed by atoms with Crippen molar-refractivity contribution in [3.8, 4) is 0 Å². The summed E-state index contributed by atoms with van der Waals surface area (Å²) in [5.41, 5.74) is 3.85. The average Bonchev–Trinajstić information content (AvgIpc) is 3.24. The van der Waals surface area contributed by atoms with Crippen LogP contribution in [0.15, 0.2) is 28.3 Å². The van der Waals surface area contributed by atoms with Crippen LogP contribution >= 0.6 is 0 Å². The van der Waals surface area contributed by atoms with E-state index in [4.69, 9.17) is 4.74 Å². The summed E-state index contributed by atoms with van der Waals surface area (Å²) in [6.07, 6.45) is 14.2. The minimum Gasteiger partial charge on any atom is -0.476 e. The number of hydrogen-bond acceptors (Lipinski definition) is 3. The summed E-state index contributed by atoms with van der Waals surface area (Å²) in [6.45, 7) is 6.61. The van der Waals surface area contributed by atoms with Gasteiger partial charge in [0.25, 0.3) is 0 Å². The summed E-state index contributed by atoms with van der Waals surface area (Å²) in [7, 11) is 0. The molecule has 0 unspecified atom stereocenters. The maximum atomic E-state index is 10.1. The van der Waals surface area contributed by atoms with Gasteiger partial charge in [-0.3, -0.25) is 0 Å². The number of ether oxygens (including phenoxy) is 1. The summed E-state index contributed by atoms with van der Waals surface area (Å²) >= 11 is 0. The molecule has 0 spiro atoms. The van der Waals surface area contributed by atoms with E-state index in [1.165, 1.54) is 38.5 Å². The molecule has 3 heteroatoms. The van der Waals surface area contributed by atoms with Crippen LogP contribution in [-0.4, -0.2) is 30.3 Å². The van der Waals surface area contributed by atoms with Crippen LogP contribution in [0.5, 0.6) is 0 Å². The van der Waals surface area contributed by atoms with Crippen molar-refractivity contribution >= 4 is 5.90 Å². The molecule has 3 fully saturated rings. The fraction of sp³-hybridized carbons (Fsp3) is 0.783. The van der Waals surface area contributed by atoms with Gasteiger partial charge in [-0.1, -0.05) is 31.1 Å². The van der Waals surface area contributed by atoms with Gasteiger partial charge in [-0.05, 0) is 86.0 Å². The quantitative estimate of drug-likeness (QED) is 0.695. The van der Waals surface area contributed by atoms with Gasteiger partial charge in [0.1, 0.15) is 6.61 Å². The van der Waals surface area contributed by atoms with E-state index >= 15 is 0 Å². The summed E-state index contributed by atoms with van der Waals surface area (Å²) in [4.78, 5) is 4.51. The second-order valence-corrected chi connectivity index (χ2v) is 9.89. The van der Waals surface area contributed by atoms with E-state index in [2.05, 4.69) is 31.0 Å². The standard InChI is InChI=1S/C23H33NO2/c1-22-9-7-17(25)13-15(22)3-5-18-19-6-4-16(14-21-24-11-12-26-21)23(19,2)10-8-20(18)22/h3,14,17-20,25H,4-13H2,1-2H3/b16-14+/t17-,18-,19-,20-,22-,23+/m0/s1. The monoisotopic (exact) mass is 355 g/mol. The van der Waals surface area contributed by atoms with Crippen LogP contribution in [-0.2, 0) is 4.74 Å². The van der Waals surface area contributed by atoms with Crippen molar-refractivity contribution in [2.45, 2.75) is 71.3 Å². The van der Waals surface area contributed by atoms with Crippen LogP contribution in [0.1, 0.15) is 65.2 Å². The topological polar surface area (TPSA) is 41.8 Å². The molecule has 0 aromatic carbocycles. The van der Waals surface area contributed by atoms with Gasteiger partial charge in [0.15, 0.2) is 0 Å². The Bertz CT molecular complexity index is 692. The molecule has 26 heavy (non-hydrogen) atoms. The van der Waals surface area contributed by atoms with Crippen molar-refractivity contribution in [1.29, 1.82) is 0 Å². The van der Waals surface area contributed by atoms with Crippen molar-refractivity contribution in [3.05, 3.63) is 23.3 Å². The third kappa shape index (κ3) is 2.38. The lowest BCUT2D eigenvalue weighted by Crippen LogP contribution is -2.49. The Kier molecular flexibility index (Phi) is 3.90. The summed E-state index contributed by atoms with van der Waals surface area (Å²) in [6, 6.07) is 0. The zero-order chi connectivity index (χ0) is 17.9. The average molecular weight is 356 g/mol. The highest BCUT2D eigenvalue weighted by Gasteiger charge is 2.57. The van der Waals surface area contributed by atoms with Crippen molar-refractivity contribution in [2.75, 3.05) is 13.2 Å². The molecule has 4 aliphatic carbocycles. The van der Waals surface area contributed by atoms with Crippen LogP contribution < -0.4 is 0 Å². The van der Waals surface area contributed by atoms with Gasteiger partial charge in [0.05, 0.1) is 12.6 Å². The lowest BCUT2D eigenvalue weighted by Gasteiger charge is -2.57. The highest BCUT2D eigenvalue weighted by molar-refractivity contribution is 5.89. The molecule has 0 amide bonds. The van der Waals surface area contributed by atoms with Crippen LogP contribution in [0, 0.1) is 28.6 Å². The SMILES string of the molecule is C[C@]12CC[C@H](O)CC1=CC[C@@H]1[C@@H]2CC[C@]2(C)/C(=C/C3=NCCO3)CC[C@@H]12. The number of aliphatic imine (C=N–C) groups is 1. The molecular weight excluding hydrogens is 322 g/mol. The first kappa shape index (κ1) is 17.0. The van der Waals surface area contributed by atoms with Crippen LogP contribution in [0.25, 0.3) is 0 Å². The minimum absolute atomic E-state index is 0.104. The van der Waals surface area contributed by atoms with Crippen molar-refractivity contribution < 1.29 is 9.84 Å². The Hall–Kier alpha value is -1.09. The van der Waals surface area contributed by atoms with E-state index in [9.17, 15) is 5.11 Å².